The third-order valence-electron chi connectivity index (χ3n) is 8.79. The molecule has 0 saturated heterocycles. The van der Waals surface area contributed by atoms with Crippen LogP contribution in [0.1, 0.15) is 16.8 Å². The van der Waals surface area contributed by atoms with Crippen molar-refractivity contribution in [3.05, 3.63) is 78.6 Å². The molecule has 0 aliphatic heterocycles. The molecule has 5 rings (SSSR count). The van der Waals surface area contributed by atoms with Crippen LogP contribution in [0.25, 0.3) is 11.3 Å². The smallest absolute Gasteiger partial charge is 0.406 e. The minimum atomic E-state index is -4.77. The standard InChI is InChI=1S/C39H48F3N5O9/c40-39(41,42)56-32-7-5-31(6-8-32)47-36-26-35(45-27-46-36)29-2-1-3-30(24-29)37(48)43-10-12-50-14-16-52-18-20-54-22-23-55-21-19-53-17-15-51-13-11-44-38(49)34-25-28-4-9-33(28)34/h1-9,24,26-28,33-34H,10-23,25H2,(H,43,48)(H,44,49)(H,45,46,47). The van der Waals surface area contributed by atoms with Gasteiger partial charge in [-0.15, -0.1) is 13.2 Å². The molecule has 14 nitrogen and oxygen atoms in total. The molecular formula is C39H48F3N5O9. The molecule has 2 aliphatic rings. The number of anilines is 2. The second kappa shape index (κ2) is 22.8. The maximum Gasteiger partial charge on any atom is 0.573 e. The zero-order chi connectivity index (χ0) is 39.4. The molecule has 1 aromatic heterocycles. The van der Waals surface area contributed by atoms with Gasteiger partial charge in [-0.25, -0.2) is 9.97 Å². The van der Waals surface area contributed by atoms with E-state index in [0.29, 0.717) is 133 Å². The molecule has 0 bridgehead atoms. The Morgan fingerprint density at radius 1 is 0.696 bits per heavy atom. The maximum absolute atomic E-state index is 12.7. The lowest BCUT2D eigenvalue weighted by molar-refractivity contribution is -0.274. The van der Waals surface area contributed by atoms with Gasteiger partial charge in [-0.1, -0.05) is 24.3 Å². The average Bonchev–Trinajstić information content (AvgIpc) is 3.18. The topological polar surface area (TPSA) is 161 Å². The van der Waals surface area contributed by atoms with Crippen LogP contribution in [0.4, 0.5) is 24.7 Å². The van der Waals surface area contributed by atoms with Crippen LogP contribution < -0.4 is 20.7 Å². The summed E-state index contributed by atoms with van der Waals surface area (Å²) in [5.74, 6) is 1.14. The van der Waals surface area contributed by atoms with E-state index in [1.54, 1.807) is 30.3 Å². The normalized spacial score (nSPS) is 17.0. The van der Waals surface area contributed by atoms with Gasteiger partial charge in [-0.3, -0.25) is 9.59 Å². The summed E-state index contributed by atoms with van der Waals surface area (Å²) in [6.45, 7) is 5.91. The van der Waals surface area contributed by atoms with Gasteiger partial charge in [0.1, 0.15) is 17.9 Å². The second-order valence-corrected chi connectivity index (χ2v) is 12.8. The van der Waals surface area contributed by atoms with Crippen LogP contribution in [0.15, 0.2) is 73.1 Å². The number of amides is 2. The lowest BCUT2D eigenvalue weighted by Gasteiger charge is -2.46. The second-order valence-electron chi connectivity index (χ2n) is 12.8. The fourth-order valence-electron chi connectivity index (χ4n) is 5.81. The van der Waals surface area contributed by atoms with Crippen LogP contribution in [-0.2, 0) is 33.2 Å². The molecule has 2 aliphatic carbocycles. The highest BCUT2D eigenvalue weighted by Gasteiger charge is 2.46. The molecule has 3 N–H and O–H groups in total. The van der Waals surface area contributed by atoms with E-state index in [4.69, 9.17) is 28.4 Å². The van der Waals surface area contributed by atoms with Crippen molar-refractivity contribution in [2.24, 2.45) is 17.8 Å². The Bertz CT molecular complexity index is 1680. The maximum atomic E-state index is 12.7. The minimum Gasteiger partial charge on any atom is -0.406 e. The Labute approximate surface area is 323 Å². The summed E-state index contributed by atoms with van der Waals surface area (Å²) in [5.41, 5.74) is 2.15. The van der Waals surface area contributed by atoms with Gasteiger partial charge >= 0.3 is 6.36 Å². The third-order valence-corrected chi connectivity index (χ3v) is 8.79. The highest BCUT2D eigenvalue weighted by molar-refractivity contribution is 5.95. The fraction of sp³-hybridized carbons (Fsp3) is 0.487. The van der Waals surface area contributed by atoms with Gasteiger partial charge in [0.05, 0.1) is 85.0 Å². The van der Waals surface area contributed by atoms with Crippen LogP contribution >= 0.6 is 0 Å². The number of fused-ring (bicyclic) bond motifs is 1. The monoisotopic (exact) mass is 787 g/mol. The molecule has 0 spiro atoms. The van der Waals surface area contributed by atoms with Crippen molar-refractivity contribution < 1.29 is 55.9 Å². The number of nitrogens with one attached hydrogen (secondary N) is 3. The first kappa shape index (κ1) is 42.5. The summed E-state index contributed by atoms with van der Waals surface area (Å²) in [5, 5.41) is 8.77. The molecule has 1 heterocycles. The minimum absolute atomic E-state index is 0.127. The Morgan fingerprint density at radius 2 is 1.29 bits per heavy atom. The van der Waals surface area contributed by atoms with Gasteiger partial charge in [0.25, 0.3) is 5.91 Å². The number of halogens is 3. The van der Waals surface area contributed by atoms with Crippen LogP contribution in [-0.4, -0.2) is 121 Å². The van der Waals surface area contributed by atoms with Gasteiger partial charge in [0.2, 0.25) is 5.91 Å². The Balaban J connectivity index is 0.804. The summed E-state index contributed by atoms with van der Waals surface area (Å²) in [6.07, 6.45) is 1.85. The molecule has 2 aromatic carbocycles. The molecular weight excluding hydrogens is 739 g/mol. The van der Waals surface area contributed by atoms with Gasteiger partial charge in [-0.05, 0) is 54.7 Å². The number of alkyl halides is 3. The van der Waals surface area contributed by atoms with Crippen molar-refractivity contribution in [1.29, 1.82) is 0 Å². The number of carbonyl (C=O) groups excluding carboxylic acids is 2. The van der Waals surface area contributed by atoms with Gasteiger partial charge in [0, 0.05) is 41.9 Å². The number of rotatable bonds is 27. The molecule has 56 heavy (non-hydrogen) atoms. The molecule has 3 atom stereocenters. The first-order valence-electron chi connectivity index (χ1n) is 18.5. The van der Waals surface area contributed by atoms with Crippen molar-refractivity contribution in [1.82, 2.24) is 20.6 Å². The predicted octanol–water partition coefficient (Wildman–Crippen LogP) is 4.55. The number of hydrogen-bond donors (Lipinski definition) is 3. The van der Waals surface area contributed by atoms with Gasteiger partial charge in [-0.2, -0.15) is 0 Å². The number of hydrogen-bond acceptors (Lipinski definition) is 12. The summed E-state index contributed by atoms with van der Waals surface area (Å²) < 4.78 is 74.2. The summed E-state index contributed by atoms with van der Waals surface area (Å²) in [7, 11) is 0. The molecule has 3 aromatic rings. The fourth-order valence-corrected chi connectivity index (χ4v) is 5.81. The number of benzene rings is 2. The molecule has 3 unspecified atom stereocenters. The first-order chi connectivity index (χ1) is 27.2. The number of aromatic nitrogens is 2. The number of allylic oxidation sites excluding steroid dienone is 2. The number of carbonyl (C=O) groups is 2. The van der Waals surface area contributed by atoms with Gasteiger partial charge < -0.3 is 49.1 Å². The molecule has 17 heteroatoms. The van der Waals surface area contributed by atoms with E-state index in [1.165, 1.54) is 30.6 Å². The molecule has 1 fully saturated rings. The Kier molecular flexibility index (Phi) is 17.3. The van der Waals surface area contributed by atoms with E-state index in [1.807, 2.05) is 0 Å². The van der Waals surface area contributed by atoms with Crippen molar-refractivity contribution in [3.8, 4) is 17.0 Å². The molecule has 304 valence electrons. The van der Waals surface area contributed by atoms with E-state index in [0.717, 1.165) is 6.42 Å². The molecule has 2 amide bonds. The molecule has 1 saturated carbocycles. The number of ether oxygens (including phenoxy) is 7. The average molecular weight is 788 g/mol. The largest absolute Gasteiger partial charge is 0.573 e. The summed E-state index contributed by atoms with van der Waals surface area (Å²) in [4.78, 5) is 33.3. The number of nitrogens with zero attached hydrogens (tertiary/aromatic N) is 2. The summed E-state index contributed by atoms with van der Waals surface area (Å²) >= 11 is 0. The SMILES string of the molecule is O=C(NCCOCCOCCOCCOCCOCCOCCNC(=O)C1CC2C=CC21)c1cccc(-c2cc(Nc3ccc(OC(F)(F)F)cc3)ncn2)c1. The highest BCUT2D eigenvalue weighted by atomic mass is 19.4. The van der Waals surface area contributed by atoms with Crippen LogP contribution in [0, 0.1) is 17.8 Å². The van der Waals surface area contributed by atoms with Crippen LogP contribution in [0.5, 0.6) is 5.75 Å². The van der Waals surface area contributed by atoms with E-state index in [9.17, 15) is 22.8 Å². The first-order valence-corrected chi connectivity index (χ1v) is 18.5. The van der Waals surface area contributed by atoms with Crippen molar-refractivity contribution in [2.45, 2.75) is 12.8 Å². The van der Waals surface area contributed by atoms with E-state index in [2.05, 4.69) is 42.8 Å². The van der Waals surface area contributed by atoms with Crippen molar-refractivity contribution in [2.75, 3.05) is 97.7 Å². The van der Waals surface area contributed by atoms with Crippen LogP contribution in [0.2, 0.25) is 0 Å². The van der Waals surface area contributed by atoms with Gasteiger partial charge in [0.15, 0.2) is 0 Å². The third kappa shape index (κ3) is 14.8. The lowest BCUT2D eigenvalue weighted by atomic mass is 9.58. The summed E-state index contributed by atoms with van der Waals surface area (Å²) in [6, 6.07) is 13.8. The van der Waals surface area contributed by atoms with E-state index in [-0.39, 0.29) is 23.5 Å². The van der Waals surface area contributed by atoms with E-state index >= 15 is 0 Å². The van der Waals surface area contributed by atoms with Crippen molar-refractivity contribution >= 4 is 23.3 Å². The van der Waals surface area contributed by atoms with Crippen LogP contribution in [0.3, 0.4) is 0 Å². The van der Waals surface area contributed by atoms with E-state index < -0.39 is 6.36 Å². The van der Waals surface area contributed by atoms with Crippen molar-refractivity contribution in [3.63, 3.8) is 0 Å². The lowest BCUT2D eigenvalue weighted by Crippen LogP contribution is -2.48. The zero-order valence-electron chi connectivity index (χ0n) is 31.0. The predicted molar refractivity (Wildman–Crippen MR) is 198 cm³/mol. The Morgan fingerprint density at radius 3 is 1.82 bits per heavy atom. The quantitative estimate of drug-likeness (QED) is 0.0732. The highest BCUT2D eigenvalue weighted by Crippen LogP contribution is 2.48. The molecule has 0 radical (unpaired) electrons. The Hall–Kier alpha value is -4.65. The zero-order valence-corrected chi connectivity index (χ0v) is 31.0.